The first kappa shape index (κ1) is 15.3. The van der Waals surface area contributed by atoms with Crippen molar-refractivity contribution in [3.05, 3.63) is 24.3 Å². The Morgan fingerprint density at radius 2 is 1.71 bits per heavy atom. The number of anilines is 1. The average molecular weight is 304 g/mol. The molecule has 0 bridgehead atoms. The van der Waals surface area contributed by atoms with Gasteiger partial charge in [0.15, 0.2) is 0 Å². The Bertz CT molecular complexity index is 453. The van der Waals surface area contributed by atoms with Gasteiger partial charge in [0.1, 0.15) is 0 Å². The highest BCUT2D eigenvalue weighted by Gasteiger charge is 2.25. The van der Waals surface area contributed by atoms with Gasteiger partial charge >= 0.3 is 0 Å². The Morgan fingerprint density at radius 3 is 2.48 bits per heavy atom. The molecule has 2 saturated carbocycles. The molecule has 1 aromatic rings. The molecule has 0 saturated heterocycles. The molecule has 0 radical (unpaired) electrons. The molecule has 2 aliphatic carbocycles. The van der Waals surface area contributed by atoms with Gasteiger partial charge in [0.25, 0.3) is 0 Å². The van der Waals surface area contributed by atoms with Gasteiger partial charge in [-0.05, 0) is 56.1 Å². The van der Waals surface area contributed by atoms with Crippen LogP contribution in [0.1, 0.15) is 58.8 Å². The third kappa shape index (κ3) is 3.97. The standard InChI is InChI=1S/C19H29NS/c1-14-11-12-16(13-15(14)2)20-18-9-5-6-10-19(18)21-17-7-3-4-8-17/h5-6,9-10,14-17,20H,3-4,7-8,11-13H2,1-2H3. The first-order valence-corrected chi connectivity index (χ1v) is 9.62. The van der Waals surface area contributed by atoms with E-state index in [0.717, 1.165) is 17.1 Å². The van der Waals surface area contributed by atoms with Crippen LogP contribution >= 0.6 is 11.8 Å². The average Bonchev–Trinajstić information content (AvgIpc) is 2.98. The van der Waals surface area contributed by atoms with Gasteiger partial charge in [-0.25, -0.2) is 0 Å². The number of hydrogen-bond donors (Lipinski definition) is 1. The second kappa shape index (κ2) is 7.09. The number of thioether (sulfide) groups is 1. The predicted octanol–water partition coefficient (Wildman–Crippen LogP) is 5.96. The number of hydrogen-bond acceptors (Lipinski definition) is 2. The fraction of sp³-hybridized carbons (Fsp3) is 0.684. The normalized spacial score (nSPS) is 30.5. The van der Waals surface area contributed by atoms with E-state index >= 15 is 0 Å². The molecule has 0 amide bonds. The van der Waals surface area contributed by atoms with Crippen molar-refractivity contribution in [2.75, 3.05) is 5.32 Å². The summed E-state index contributed by atoms with van der Waals surface area (Å²) in [7, 11) is 0. The zero-order valence-corrected chi connectivity index (χ0v) is 14.3. The topological polar surface area (TPSA) is 12.0 Å². The van der Waals surface area contributed by atoms with Gasteiger partial charge in [0.05, 0.1) is 0 Å². The van der Waals surface area contributed by atoms with E-state index in [4.69, 9.17) is 0 Å². The molecule has 2 aliphatic rings. The molecule has 2 fully saturated rings. The summed E-state index contributed by atoms with van der Waals surface area (Å²) in [4.78, 5) is 1.47. The van der Waals surface area contributed by atoms with Gasteiger partial charge in [0, 0.05) is 21.9 Å². The molecular weight excluding hydrogens is 274 g/mol. The maximum absolute atomic E-state index is 3.85. The van der Waals surface area contributed by atoms with E-state index in [1.165, 1.54) is 55.5 Å². The number of benzene rings is 1. The monoisotopic (exact) mass is 303 g/mol. The Morgan fingerprint density at radius 1 is 0.952 bits per heavy atom. The molecule has 2 heteroatoms. The third-order valence-corrected chi connectivity index (χ3v) is 6.86. The van der Waals surface area contributed by atoms with Gasteiger partial charge in [-0.15, -0.1) is 11.8 Å². The molecule has 0 aromatic heterocycles. The number of nitrogens with one attached hydrogen (secondary N) is 1. The smallest absolute Gasteiger partial charge is 0.0480 e. The summed E-state index contributed by atoms with van der Waals surface area (Å²) in [5.74, 6) is 1.75. The molecule has 0 spiro atoms. The highest BCUT2D eigenvalue weighted by molar-refractivity contribution is 8.00. The molecule has 3 unspecified atom stereocenters. The summed E-state index contributed by atoms with van der Waals surface area (Å²) in [6, 6.07) is 9.62. The molecule has 0 heterocycles. The molecule has 0 aliphatic heterocycles. The number of rotatable bonds is 4. The van der Waals surface area contributed by atoms with E-state index in [0.29, 0.717) is 6.04 Å². The van der Waals surface area contributed by atoms with Crippen LogP contribution in [0, 0.1) is 11.8 Å². The van der Waals surface area contributed by atoms with E-state index in [9.17, 15) is 0 Å². The minimum absolute atomic E-state index is 0.668. The van der Waals surface area contributed by atoms with Crippen LogP contribution in [0.5, 0.6) is 0 Å². The summed E-state index contributed by atoms with van der Waals surface area (Å²) in [5.41, 5.74) is 1.38. The highest BCUT2D eigenvalue weighted by Crippen LogP contribution is 2.39. The summed E-state index contributed by atoms with van der Waals surface area (Å²) < 4.78 is 0. The van der Waals surface area contributed by atoms with E-state index in [-0.39, 0.29) is 0 Å². The van der Waals surface area contributed by atoms with E-state index in [1.54, 1.807) is 0 Å². The van der Waals surface area contributed by atoms with E-state index < -0.39 is 0 Å². The second-order valence-electron chi connectivity index (χ2n) is 7.13. The summed E-state index contributed by atoms with van der Waals surface area (Å²) in [5, 5.41) is 4.70. The molecule has 21 heavy (non-hydrogen) atoms. The Hall–Kier alpha value is -0.630. The molecule has 1 aromatic carbocycles. The Labute approximate surface area is 134 Å². The fourth-order valence-electron chi connectivity index (χ4n) is 3.77. The first-order valence-electron chi connectivity index (χ1n) is 8.74. The van der Waals surface area contributed by atoms with E-state index in [2.05, 4.69) is 55.2 Å². The molecule has 3 rings (SSSR count). The van der Waals surface area contributed by atoms with Crippen molar-refractivity contribution in [2.45, 2.75) is 75.0 Å². The Kier molecular flexibility index (Phi) is 5.15. The molecule has 3 atom stereocenters. The van der Waals surface area contributed by atoms with Crippen molar-refractivity contribution in [3.8, 4) is 0 Å². The van der Waals surface area contributed by atoms with Crippen LogP contribution in [-0.2, 0) is 0 Å². The lowest BCUT2D eigenvalue weighted by molar-refractivity contribution is 0.260. The minimum atomic E-state index is 0.668. The van der Waals surface area contributed by atoms with Crippen LogP contribution in [0.2, 0.25) is 0 Å². The van der Waals surface area contributed by atoms with Crippen molar-refractivity contribution in [1.29, 1.82) is 0 Å². The van der Waals surface area contributed by atoms with Crippen molar-refractivity contribution in [1.82, 2.24) is 0 Å². The van der Waals surface area contributed by atoms with Gasteiger partial charge in [0.2, 0.25) is 0 Å². The summed E-state index contributed by atoms with van der Waals surface area (Å²) >= 11 is 2.11. The molecular formula is C19H29NS. The quantitative estimate of drug-likeness (QED) is 0.736. The first-order chi connectivity index (χ1) is 10.2. The number of para-hydroxylation sites is 1. The third-order valence-electron chi connectivity index (χ3n) is 5.44. The van der Waals surface area contributed by atoms with Crippen LogP contribution in [0.15, 0.2) is 29.2 Å². The molecule has 116 valence electrons. The van der Waals surface area contributed by atoms with E-state index in [1.807, 2.05) is 0 Å². The highest BCUT2D eigenvalue weighted by atomic mass is 32.2. The zero-order chi connectivity index (χ0) is 14.7. The van der Waals surface area contributed by atoms with Gasteiger partial charge in [-0.2, -0.15) is 0 Å². The van der Waals surface area contributed by atoms with Crippen LogP contribution < -0.4 is 5.32 Å². The largest absolute Gasteiger partial charge is 0.381 e. The van der Waals surface area contributed by atoms with Gasteiger partial charge < -0.3 is 5.32 Å². The van der Waals surface area contributed by atoms with Crippen LogP contribution in [-0.4, -0.2) is 11.3 Å². The fourth-order valence-corrected chi connectivity index (χ4v) is 5.11. The van der Waals surface area contributed by atoms with Crippen molar-refractivity contribution in [2.24, 2.45) is 11.8 Å². The van der Waals surface area contributed by atoms with Gasteiger partial charge in [-0.1, -0.05) is 38.8 Å². The zero-order valence-electron chi connectivity index (χ0n) is 13.5. The van der Waals surface area contributed by atoms with Crippen molar-refractivity contribution < 1.29 is 0 Å². The van der Waals surface area contributed by atoms with Crippen molar-refractivity contribution in [3.63, 3.8) is 0 Å². The lowest BCUT2D eigenvalue weighted by atomic mass is 9.79. The second-order valence-corrected chi connectivity index (χ2v) is 8.47. The van der Waals surface area contributed by atoms with Crippen LogP contribution in [0.3, 0.4) is 0 Å². The van der Waals surface area contributed by atoms with Crippen LogP contribution in [0.4, 0.5) is 5.69 Å². The maximum atomic E-state index is 3.85. The Balaban J connectivity index is 1.64. The summed E-state index contributed by atoms with van der Waals surface area (Å²) in [6.45, 7) is 4.82. The lowest BCUT2D eigenvalue weighted by Gasteiger charge is -2.33. The van der Waals surface area contributed by atoms with Crippen molar-refractivity contribution >= 4 is 17.4 Å². The summed E-state index contributed by atoms with van der Waals surface area (Å²) in [6.07, 6.45) is 9.67. The SMILES string of the molecule is CC1CCC(Nc2ccccc2SC2CCCC2)CC1C. The van der Waals surface area contributed by atoms with Gasteiger partial charge in [-0.3, -0.25) is 0 Å². The minimum Gasteiger partial charge on any atom is -0.381 e. The lowest BCUT2D eigenvalue weighted by Crippen LogP contribution is -2.30. The van der Waals surface area contributed by atoms with Crippen LogP contribution in [0.25, 0.3) is 0 Å². The predicted molar refractivity (Wildman–Crippen MR) is 94.1 cm³/mol. The molecule has 1 nitrogen and oxygen atoms in total. The molecule has 1 N–H and O–H groups in total. The maximum Gasteiger partial charge on any atom is 0.0480 e.